The molecular weight excluding hydrogens is 458 g/mol. The fraction of sp³-hybridized carbons (Fsp3) is 0.679. The van der Waals surface area contributed by atoms with Crippen LogP contribution in [-0.2, 0) is 9.59 Å². The third-order valence-electron chi connectivity index (χ3n) is 6.62. The zero-order valence-electron chi connectivity index (χ0n) is 23.5. The quantitative estimate of drug-likeness (QED) is 0.551. The molecular formula is C28H45N3O5. The highest BCUT2D eigenvalue weighted by atomic mass is 16.5. The van der Waals surface area contributed by atoms with Gasteiger partial charge >= 0.3 is 0 Å². The smallest absolute Gasteiger partial charge is 0.255 e. The summed E-state index contributed by atoms with van der Waals surface area (Å²) in [6, 6.07) is 4.18. The van der Waals surface area contributed by atoms with E-state index in [9.17, 15) is 14.4 Å². The monoisotopic (exact) mass is 503 g/mol. The minimum Gasteiger partial charge on any atom is -0.497 e. The number of amides is 3. The zero-order chi connectivity index (χ0) is 27.2. The second-order valence-electron chi connectivity index (χ2n) is 11.6. The molecule has 3 amide bonds. The van der Waals surface area contributed by atoms with Crippen LogP contribution in [0.4, 0.5) is 0 Å². The van der Waals surface area contributed by atoms with Gasteiger partial charge in [-0.3, -0.25) is 14.4 Å². The number of ether oxygens (including phenoxy) is 2. The number of methoxy groups -OCH3 is 2. The van der Waals surface area contributed by atoms with Crippen molar-refractivity contribution in [1.29, 1.82) is 0 Å². The lowest BCUT2D eigenvalue weighted by Crippen LogP contribution is -2.60. The number of carbonyl (C=O) groups excluding carboxylic acids is 3. The van der Waals surface area contributed by atoms with E-state index in [2.05, 4.69) is 33.0 Å². The first-order valence-electron chi connectivity index (χ1n) is 12.9. The maximum Gasteiger partial charge on any atom is 0.255 e. The van der Waals surface area contributed by atoms with Gasteiger partial charge in [-0.2, -0.15) is 0 Å². The summed E-state index contributed by atoms with van der Waals surface area (Å²) in [5.41, 5.74) is 0.521. The van der Waals surface area contributed by atoms with E-state index in [1.54, 1.807) is 30.2 Å². The molecule has 8 heteroatoms. The van der Waals surface area contributed by atoms with Crippen molar-refractivity contribution < 1.29 is 23.9 Å². The molecule has 0 bridgehead atoms. The zero-order valence-corrected chi connectivity index (χ0v) is 23.5. The van der Waals surface area contributed by atoms with Crippen LogP contribution in [0.1, 0.15) is 71.7 Å². The largest absolute Gasteiger partial charge is 0.497 e. The average molecular weight is 504 g/mol. The lowest BCUT2D eigenvalue weighted by molar-refractivity contribution is -0.144. The van der Waals surface area contributed by atoms with Gasteiger partial charge in [0.05, 0.1) is 19.8 Å². The topological polar surface area (TPSA) is 88.2 Å². The van der Waals surface area contributed by atoms with Gasteiger partial charge in [-0.05, 0) is 42.7 Å². The summed E-state index contributed by atoms with van der Waals surface area (Å²) in [7, 11) is 3.03. The second kappa shape index (κ2) is 12.5. The summed E-state index contributed by atoms with van der Waals surface area (Å²) < 4.78 is 10.6. The van der Waals surface area contributed by atoms with Crippen LogP contribution in [0.25, 0.3) is 0 Å². The van der Waals surface area contributed by atoms with Crippen LogP contribution in [0.3, 0.4) is 0 Å². The molecule has 1 heterocycles. The first kappa shape index (κ1) is 29.5. The van der Waals surface area contributed by atoms with Gasteiger partial charge < -0.3 is 24.6 Å². The van der Waals surface area contributed by atoms with Crippen LogP contribution in [0.2, 0.25) is 0 Å². The van der Waals surface area contributed by atoms with E-state index in [1.165, 1.54) is 7.11 Å². The van der Waals surface area contributed by atoms with Crippen LogP contribution in [0, 0.1) is 17.3 Å². The standard InChI is InChI=1S/C28H45N3O5/c1-18(2)25(29-26(33)22-11-10-21(35-8)15-23(22)36-9)27(34)30-12-13-31(20(4)17-30)24(32)14-19(3)16-28(5,6)7/h10-11,15,18-20,25H,12-14,16-17H2,1-9H3,(H,29,33)/t19-,20+,25-/m0/s1. The lowest BCUT2D eigenvalue weighted by Gasteiger charge is -2.42. The van der Waals surface area contributed by atoms with Crippen molar-refractivity contribution in [3.63, 3.8) is 0 Å². The Kier molecular flexibility index (Phi) is 10.2. The van der Waals surface area contributed by atoms with E-state index in [1.807, 2.05) is 25.7 Å². The summed E-state index contributed by atoms with van der Waals surface area (Å²) in [6.07, 6.45) is 1.50. The van der Waals surface area contributed by atoms with Crippen molar-refractivity contribution in [3.05, 3.63) is 23.8 Å². The maximum atomic E-state index is 13.5. The molecule has 1 aromatic rings. The maximum absolute atomic E-state index is 13.5. The Hall–Kier alpha value is -2.77. The predicted molar refractivity (Wildman–Crippen MR) is 141 cm³/mol. The number of benzene rings is 1. The number of hydrogen-bond donors (Lipinski definition) is 1. The molecule has 1 N–H and O–H groups in total. The molecule has 3 atom stereocenters. The van der Waals surface area contributed by atoms with Gasteiger partial charge in [-0.15, -0.1) is 0 Å². The number of nitrogens with one attached hydrogen (secondary N) is 1. The van der Waals surface area contributed by atoms with Gasteiger partial charge in [-0.25, -0.2) is 0 Å². The summed E-state index contributed by atoms with van der Waals surface area (Å²) in [6.45, 7) is 15.9. The number of nitrogens with zero attached hydrogens (tertiary/aromatic N) is 2. The molecule has 0 saturated carbocycles. The fourth-order valence-corrected chi connectivity index (χ4v) is 4.98. The molecule has 0 aromatic heterocycles. The Bertz CT molecular complexity index is 924. The first-order chi connectivity index (χ1) is 16.8. The van der Waals surface area contributed by atoms with Gasteiger partial charge in [0.25, 0.3) is 5.91 Å². The van der Waals surface area contributed by atoms with Crippen molar-refractivity contribution in [2.45, 2.75) is 73.4 Å². The molecule has 1 aromatic carbocycles. The van der Waals surface area contributed by atoms with E-state index in [-0.39, 0.29) is 35.1 Å². The Labute approximate surface area is 216 Å². The highest BCUT2D eigenvalue weighted by molar-refractivity contribution is 6.00. The molecule has 1 fully saturated rings. The SMILES string of the molecule is COc1ccc(C(=O)N[C@H](C(=O)N2CCN(C(=O)C[C@H](C)CC(C)(C)C)[C@H](C)C2)C(C)C)c(OC)c1. The summed E-state index contributed by atoms with van der Waals surface area (Å²) in [4.78, 5) is 43.2. The fourth-order valence-electron chi connectivity index (χ4n) is 4.98. The highest BCUT2D eigenvalue weighted by Gasteiger charge is 2.35. The first-order valence-corrected chi connectivity index (χ1v) is 12.9. The molecule has 1 aliphatic heterocycles. The van der Waals surface area contributed by atoms with E-state index in [0.717, 1.165) is 6.42 Å². The van der Waals surface area contributed by atoms with Crippen molar-refractivity contribution in [2.24, 2.45) is 17.3 Å². The van der Waals surface area contributed by atoms with Crippen molar-refractivity contribution >= 4 is 17.7 Å². The number of piperazine rings is 1. The third kappa shape index (κ3) is 7.87. The van der Waals surface area contributed by atoms with Gasteiger partial charge in [0, 0.05) is 38.2 Å². The van der Waals surface area contributed by atoms with E-state index >= 15 is 0 Å². The Morgan fingerprint density at radius 2 is 1.75 bits per heavy atom. The molecule has 8 nitrogen and oxygen atoms in total. The van der Waals surface area contributed by atoms with Crippen LogP contribution in [0.15, 0.2) is 18.2 Å². The Morgan fingerprint density at radius 3 is 2.28 bits per heavy atom. The van der Waals surface area contributed by atoms with Gasteiger partial charge in [-0.1, -0.05) is 41.5 Å². The van der Waals surface area contributed by atoms with E-state index in [4.69, 9.17) is 9.47 Å². The van der Waals surface area contributed by atoms with Crippen LogP contribution < -0.4 is 14.8 Å². The Morgan fingerprint density at radius 1 is 1.08 bits per heavy atom. The summed E-state index contributed by atoms with van der Waals surface area (Å²) >= 11 is 0. The van der Waals surface area contributed by atoms with Crippen LogP contribution >= 0.6 is 0 Å². The molecule has 0 spiro atoms. The van der Waals surface area contributed by atoms with Crippen molar-refractivity contribution in [2.75, 3.05) is 33.9 Å². The normalized spacial score (nSPS) is 18.0. The van der Waals surface area contributed by atoms with Gasteiger partial charge in [0.1, 0.15) is 17.5 Å². The molecule has 1 saturated heterocycles. The van der Waals surface area contributed by atoms with Crippen molar-refractivity contribution in [1.82, 2.24) is 15.1 Å². The second-order valence-corrected chi connectivity index (χ2v) is 11.6. The minimum absolute atomic E-state index is 0.0813. The molecule has 0 radical (unpaired) electrons. The van der Waals surface area contributed by atoms with Gasteiger partial charge in [0.15, 0.2) is 0 Å². The summed E-state index contributed by atoms with van der Waals surface area (Å²) in [5, 5.41) is 2.91. The Balaban J connectivity index is 2.05. The van der Waals surface area contributed by atoms with Crippen LogP contribution in [-0.4, -0.2) is 73.5 Å². The lowest BCUT2D eigenvalue weighted by atomic mass is 9.84. The molecule has 36 heavy (non-hydrogen) atoms. The third-order valence-corrected chi connectivity index (χ3v) is 6.62. The van der Waals surface area contributed by atoms with Crippen LogP contribution in [0.5, 0.6) is 11.5 Å². The number of rotatable bonds is 9. The minimum atomic E-state index is -0.689. The van der Waals surface area contributed by atoms with Gasteiger partial charge in [0.2, 0.25) is 11.8 Å². The summed E-state index contributed by atoms with van der Waals surface area (Å²) in [5.74, 6) is 0.782. The molecule has 2 rings (SSSR count). The van der Waals surface area contributed by atoms with E-state index in [0.29, 0.717) is 49.0 Å². The number of carbonyl (C=O) groups is 3. The average Bonchev–Trinajstić information content (AvgIpc) is 2.79. The molecule has 0 unspecified atom stereocenters. The van der Waals surface area contributed by atoms with Crippen molar-refractivity contribution in [3.8, 4) is 11.5 Å². The molecule has 1 aliphatic rings. The molecule has 202 valence electrons. The highest BCUT2D eigenvalue weighted by Crippen LogP contribution is 2.27. The predicted octanol–water partition coefficient (Wildman–Crippen LogP) is 3.98. The molecule has 0 aliphatic carbocycles. The number of hydrogen-bond acceptors (Lipinski definition) is 5. The van der Waals surface area contributed by atoms with E-state index < -0.39 is 6.04 Å².